The van der Waals surface area contributed by atoms with Crippen molar-refractivity contribution < 1.29 is 9.90 Å². The summed E-state index contributed by atoms with van der Waals surface area (Å²) in [6.45, 7) is 0. The van der Waals surface area contributed by atoms with Crippen molar-refractivity contribution in [2.75, 3.05) is 6.16 Å². The monoisotopic (exact) mass is 444 g/mol. The van der Waals surface area contributed by atoms with Gasteiger partial charge in [0.05, 0.1) is 0 Å². The quantitative estimate of drug-likeness (QED) is 0.408. The fraction of sp³-hybridized carbons (Fsp3) is 0.174. The summed E-state index contributed by atoms with van der Waals surface area (Å²) in [4.78, 5) is 10.9. The molecule has 0 aromatic heterocycles. The van der Waals surface area contributed by atoms with E-state index in [4.69, 9.17) is 5.11 Å². The summed E-state index contributed by atoms with van der Waals surface area (Å²) in [5.41, 5.74) is 0. The SMILES string of the molecule is Br.O=C(O)CCCC[PH](c1ccccc1)(c1ccccc1)c1ccccc1. The number of aliphatic carboxylic acids is 1. The summed E-state index contributed by atoms with van der Waals surface area (Å²) >= 11 is 0. The normalized spacial score (nSPS) is 11.4. The molecule has 0 amide bonds. The van der Waals surface area contributed by atoms with Crippen LogP contribution in [0.25, 0.3) is 0 Å². The van der Waals surface area contributed by atoms with Gasteiger partial charge in [-0.15, -0.1) is 17.0 Å². The first-order chi connectivity index (χ1) is 12.7. The Morgan fingerprint density at radius 1 is 0.667 bits per heavy atom. The van der Waals surface area contributed by atoms with Crippen molar-refractivity contribution in [2.45, 2.75) is 19.3 Å². The number of unbranched alkanes of at least 4 members (excludes halogenated alkanes) is 1. The zero-order valence-electron chi connectivity index (χ0n) is 15.3. The van der Waals surface area contributed by atoms with Crippen molar-refractivity contribution in [3.8, 4) is 0 Å². The van der Waals surface area contributed by atoms with Crippen molar-refractivity contribution >= 4 is 46.1 Å². The van der Waals surface area contributed by atoms with Gasteiger partial charge >= 0.3 is 155 Å². The molecule has 0 aliphatic heterocycles. The maximum absolute atomic E-state index is 10.9. The number of carboxylic acids is 1. The number of rotatable bonds is 8. The van der Waals surface area contributed by atoms with E-state index in [0.717, 1.165) is 19.0 Å². The Morgan fingerprint density at radius 3 is 1.37 bits per heavy atom. The first kappa shape index (κ1) is 21.3. The van der Waals surface area contributed by atoms with E-state index in [1.54, 1.807) is 0 Å². The Kier molecular flexibility index (Phi) is 8.22. The number of hydrogen-bond donors (Lipinski definition) is 1. The van der Waals surface area contributed by atoms with Crippen LogP contribution in [0.1, 0.15) is 19.3 Å². The summed E-state index contributed by atoms with van der Waals surface area (Å²) in [5.74, 6) is -0.712. The second-order valence-electron chi connectivity index (χ2n) is 6.60. The summed E-state index contributed by atoms with van der Waals surface area (Å²) in [7, 11) is -2.19. The summed E-state index contributed by atoms with van der Waals surface area (Å²) in [6.07, 6.45) is 2.88. The molecule has 0 saturated heterocycles. The number of benzene rings is 3. The number of hydrogen-bond acceptors (Lipinski definition) is 1. The van der Waals surface area contributed by atoms with E-state index in [2.05, 4.69) is 91.0 Å². The van der Waals surface area contributed by atoms with Crippen LogP contribution in [0.4, 0.5) is 0 Å². The van der Waals surface area contributed by atoms with Crippen LogP contribution in [0, 0.1) is 0 Å². The van der Waals surface area contributed by atoms with Crippen molar-refractivity contribution in [3.63, 3.8) is 0 Å². The number of halogens is 1. The van der Waals surface area contributed by atoms with Crippen molar-refractivity contribution in [3.05, 3.63) is 91.0 Å². The average Bonchev–Trinajstić information content (AvgIpc) is 2.70. The maximum atomic E-state index is 10.9. The first-order valence-corrected chi connectivity index (χ1v) is 11.3. The Balaban J connectivity index is 0.00000261. The van der Waals surface area contributed by atoms with Crippen LogP contribution in [0.5, 0.6) is 0 Å². The van der Waals surface area contributed by atoms with E-state index in [1.165, 1.54) is 15.9 Å². The van der Waals surface area contributed by atoms with Gasteiger partial charge in [-0.2, -0.15) is 0 Å². The number of carboxylic acid groups (broad SMARTS) is 1. The molecule has 0 aliphatic rings. The van der Waals surface area contributed by atoms with Gasteiger partial charge in [0.25, 0.3) is 0 Å². The van der Waals surface area contributed by atoms with Crippen LogP contribution in [-0.4, -0.2) is 17.2 Å². The van der Waals surface area contributed by atoms with Gasteiger partial charge in [-0.1, -0.05) is 0 Å². The molecule has 3 rings (SSSR count). The van der Waals surface area contributed by atoms with Gasteiger partial charge in [0.1, 0.15) is 0 Å². The Hall–Kier alpha value is -1.96. The summed E-state index contributed by atoms with van der Waals surface area (Å²) in [5, 5.41) is 13.2. The van der Waals surface area contributed by atoms with Crippen LogP contribution >= 0.6 is 24.2 Å². The molecule has 0 radical (unpaired) electrons. The first-order valence-electron chi connectivity index (χ1n) is 9.12. The predicted octanol–water partition coefficient (Wildman–Crippen LogP) is 4.55. The standard InChI is InChI=1S/C23H25O2P.BrH/c24-23(25)18-10-11-19-26(20-12-4-1-5-13-20,21-14-6-2-7-15-21)22-16-8-3-9-17-22;/h1-9,12-17,26H,10-11,18-19H2,(H,24,25);1H. The molecule has 0 heterocycles. The van der Waals surface area contributed by atoms with Crippen molar-refractivity contribution in [2.24, 2.45) is 0 Å². The van der Waals surface area contributed by atoms with Gasteiger partial charge in [-0.05, 0) is 0 Å². The third-order valence-corrected chi connectivity index (χ3v) is 10.1. The third kappa shape index (κ3) is 5.06. The van der Waals surface area contributed by atoms with Crippen LogP contribution in [0.2, 0.25) is 0 Å². The zero-order chi connectivity index (χ0) is 18.2. The minimum atomic E-state index is -2.19. The molecule has 3 aromatic rings. The molecule has 0 fully saturated rings. The van der Waals surface area contributed by atoms with Gasteiger partial charge in [0, 0.05) is 0 Å². The molecule has 4 heteroatoms. The van der Waals surface area contributed by atoms with Crippen LogP contribution in [-0.2, 0) is 4.79 Å². The minimum absolute atomic E-state index is 0. The molecule has 0 atom stereocenters. The van der Waals surface area contributed by atoms with Gasteiger partial charge in [-0.25, -0.2) is 0 Å². The van der Waals surface area contributed by atoms with E-state index >= 15 is 0 Å². The Labute approximate surface area is 172 Å². The average molecular weight is 445 g/mol. The Morgan fingerprint density at radius 2 is 1.04 bits per heavy atom. The molecule has 2 nitrogen and oxygen atoms in total. The van der Waals surface area contributed by atoms with E-state index in [9.17, 15) is 4.79 Å². The summed E-state index contributed by atoms with van der Waals surface area (Å²) in [6, 6.07) is 32.3. The molecule has 0 bridgehead atoms. The van der Waals surface area contributed by atoms with Gasteiger partial charge in [0.2, 0.25) is 0 Å². The second kappa shape index (κ2) is 10.4. The topological polar surface area (TPSA) is 37.3 Å². The van der Waals surface area contributed by atoms with E-state index < -0.39 is 13.2 Å². The molecule has 0 spiro atoms. The Bertz CT molecular complexity index is 726. The fourth-order valence-electron chi connectivity index (χ4n) is 3.77. The molecule has 142 valence electrons. The van der Waals surface area contributed by atoms with Gasteiger partial charge in [0.15, 0.2) is 0 Å². The van der Waals surface area contributed by atoms with Crippen LogP contribution in [0.15, 0.2) is 91.0 Å². The van der Waals surface area contributed by atoms with Crippen molar-refractivity contribution in [1.82, 2.24) is 0 Å². The van der Waals surface area contributed by atoms with E-state index in [-0.39, 0.29) is 23.4 Å². The van der Waals surface area contributed by atoms with Crippen molar-refractivity contribution in [1.29, 1.82) is 0 Å². The van der Waals surface area contributed by atoms with Crippen LogP contribution < -0.4 is 15.9 Å². The van der Waals surface area contributed by atoms with E-state index in [1.807, 2.05) is 0 Å². The van der Waals surface area contributed by atoms with E-state index in [0.29, 0.717) is 0 Å². The molecular formula is C23H26BrO2P. The molecule has 1 N–H and O–H groups in total. The molecule has 0 unspecified atom stereocenters. The third-order valence-electron chi connectivity index (χ3n) is 4.99. The fourth-order valence-corrected chi connectivity index (χ4v) is 8.70. The van der Waals surface area contributed by atoms with Gasteiger partial charge < -0.3 is 0 Å². The zero-order valence-corrected chi connectivity index (χ0v) is 18.0. The van der Waals surface area contributed by atoms with Gasteiger partial charge in [-0.3, -0.25) is 0 Å². The molecule has 3 aromatic carbocycles. The predicted molar refractivity (Wildman–Crippen MR) is 123 cm³/mol. The molecule has 0 aliphatic carbocycles. The molecule has 27 heavy (non-hydrogen) atoms. The molecular weight excluding hydrogens is 419 g/mol. The molecule has 0 saturated carbocycles. The summed E-state index contributed by atoms with van der Waals surface area (Å²) < 4.78 is 0. The van der Waals surface area contributed by atoms with Crippen LogP contribution in [0.3, 0.4) is 0 Å². The second-order valence-corrected chi connectivity index (χ2v) is 10.6. The number of carbonyl (C=O) groups is 1.